The van der Waals surface area contributed by atoms with Crippen LogP contribution in [0.5, 0.6) is 0 Å². The van der Waals surface area contributed by atoms with Crippen LogP contribution in [0, 0.1) is 0 Å². The van der Waals surface area contributed by atoms with Crippen molar-refractivity contribution in [1.29, 1.82) is 0 Å². The van der Waals surface area contributed by atoms with Crippen molar-refractivity contribution in [3.63, 3.8) is 0 Å². The predicted octanol–water partition coefficient (Wildman–Crippen LogP) is 3.04. The van der Waals surface area contributed by atoms with E-state index >= 15 is 0 Å². The number of hydrogen-bond acceptors (Lipinski definition) is 2. The van der Waals surface area contributed by atoms with E-state index < -0.39 is 0 Å². The minimum atomic E-state index is -0.317. The molecule has 0 saturated heterocycles. The molecule has 0 aliphatic heterocycles. The zero-order valence-electron chi connectivity index (χ0n) is 12.1. The van der Waals surface area contributed by atoms with E-state index in [1.807, 2.05) is 44.2 Å². The van der Waals surface area contributed by atoms with Gasteiger partial charge in [0.15, 0.2) is 0 Å². The Bertz CT molecular complexity index is 594. The third-order valence-corrected chi connectivity index (χ3v) is 2.65. The Morgan fingerprint density at radius 2 is 1.60 bits per heavy atom. The van der Waals surface area contributed by atoms with Gasteiger partial charge in [-0.1, -0.05) is 51.1 Å². The quantitative estimate of drug-likeness (QED) is 0.826. The first-order chi connectivity index (χ1) is 9.70. The maximum atomic E-state index is 11.8. The molecule has 0 unspecified atom stereocenters. The molecule has 0 aromatic heterocycles. The Morgan fingerprint density at radius 1 is 0.950 bits per heavy atom. The van der Waals surface area contributed by atoms with Crippen molar-refractivity contribution in [1.82, 2.24) is 10.9 Å². The van der Waals surface area contributed by atoms with Crippen LogP contribution in [0.15, 0.2) is 42.5 Å². The van der Waals surface area contributed by atoms with Gasteiger partial charge in [0.1, 0.15) is 0 Å². The number of benzene rings is 2. The molecule has 0 heterocycles. The summed E-state index contributed by atoms with van der Waals surface area (Å²) in [6.07, 6.45) is 0.331. The van der Waals surface area contributed by atoms with Crippen LogP contribution in [0.1, 0.15) is 37.6 Å². The van der Waals surface area contributed by atoms with Gasteiger partial charge in [0.2, 0.25) is 5.91 Å². The molecule has 106 valence electrons. The van der Waals surface area contributed by atoms with Crippen molar-refractivity contribution in [3.8, 4) is 0 Å². The maximum Gasteiger partial charge on any atom is 0.269 e. The zero-order chi connectivity index (χ0) is 15.0. The molecule has 0 saturated carbocycles. The lowest BCUT2D eigenvalue weighted by atomic mass is 10.1. The van der Waals surface area contributed by atoms with Crippen LogP contribution in [-0.4, -0.2) is 11.8 Å². The number of carbonyl (C=O) groups excluding carboxylic acids is 2. The first-order valence-corrected chi connectivity index (χ1v) is 6.78. The van der Waals surface area contributed by atoms with Crippen LogP contribution in [-0.2, 0) is 4.79 Å². The Hall–Kier alpha value is -2.36. The number of hydrazine groups is 1. The highest BCUT2D eigenvalue weighted by Crippen LogP contribution is 2.15. The van der Waals surface area contributed by atoms with Crippen LogP contribution in [0.3, 0.4) is 0 Å². The Labute approximate surface area is 119 Å². The van der Waals surface area contributed by atoms with Gasteiger partial charge in [-0.2, -0.15) is 0 Å². The maximum absolute atomic E-state index is 11.8. The van der Waals surface area contributed by atoms with Crippen molar-refractivity contribution in [3.05, 3.63) is 48.0 Å². The Kier molecular flexibility index (Phi) is 6.23. The van der Waals surface area contributed by atoms with Gasteiger partial charge in [-0.05, 0) is 22.9 Å². The van der Waals surface area contributed by atoms with E-state index in [1.165, 1.54) is 0 Å². The second kappa shape index (κ2) is 7.94. The smallest absolute Gasteiger partial charge is 0.269 e. The summed E-state index contributed by atoms with van der Waals surface area (Å²) in [7, 11) is 0. The molecule has 0 aliphatic carbocycles. The molecule has 0 aliphatic rings. The SMILES string of the molecule is CC.CCC(=O)NNC(=O)c1ccc2ccccc2c1. The molecular weight excluding hydrogens is 252 g/mol. The normalized spacial score (nSPS) is 9.35. The van der Waals surface area contributed by atoms with Crippen molar-refractivity contribution < 1.29 is 9.59 Å². The summed E-state index contributed by atoms with van der Waals surface area (Å²) in [4.78, 5) is 22.8. The van der Waals surface area contributed by atoms with Gasteiger partial charge in [-0.25, -0.2) is 0 Å². The van der Waals surface area contributed by atoms with Gasteiger partial charge in [0, 0.05) is 12.0 Å². The van der Waals surface area contributed by atoms with Gasteiger partial charge in [-0.15, -0.1) is 0 Å². The van der Waals surface area contributed by atoms with E-state index in [-0.39, 0.29) is 11.8 Å². The van der Waals surface area contributed by atoms with Gasteiger partial charge in [0.05, 0.1) is 0 Å². The highest BCUT2D eigenvalue weighted by Gasteiger charge is 2.06. The third kappa shape index (κ3) is 4.09. The molecule has 0 radical (unpaired) electrons. The summed E-state index contributed by atoms with van der Waals surface area (Å²) in [5.41, 5.74) is 5.23. The number of hydrogen-bond donors (Lipinski definition) is 2. The van der Waals surface area contributed by atoms with E-state index in [4.69, 9.17) is 0 Å². The summed E-state index contributed by atoms with van der Waals surface area (Å²) >= 11 is 0. The molecule has 2 N–H and O–H groups in total. The van der Waals surface area contributed by atoms with Crippen molar-refractivity contribution in [2.45, 2.75) is 27.2 Å². The van der Waals surface area contributed by atoms with Crippen molar-refractivity contribution in [2.24, 2.45) is 0 Å². The summed E-state index contributed by atoms with van der Waals surface area (Å²) in [6, 6.07) is 13.2. The predicted molar refractivity (Wildman–Crippen MR) is 81.2 cm³/mol. The monoisotopic (exact) mass is 272 g/mol. The van der Waals surface area contributed by atoms with Crippen LogP contribution < -0.4 is 10.9 Å². The van der Waals surface area contributed by atoms with Gasteiger partial charge in [-0.3, -0.25) is 20.4 Å². The molecule has 4 nitrogen and oxygen atoms in total. The van der Waals surface area contributed by atoms with Crippen LogP contribution in [0.4, 0.5) is 0 Å². The fourth-order valence-electron chi connectivity index (χ4n) is 1.62. The van der Waals surface area contributed by atoms with Crippen LogP contribution in [0.2, 0.25) is 0 Å². The summed E-state index contributed by atoms with van der Waals surface area (Å²) in [5.74, 6) is -0.535. The molecule has 0 spiro atoms. The van der Waals surface area contributed by atoms with Crippen molar-refractivity contribution >= 4 is 22.6 Å². The average molecular weight is 272 g/mol. The molecular formula is C16H20N2O2. The number of amides is 2. The number of carbonyl (C=O) groups is 2. The van der Waals surface area contributed by atoms with E-state index in [1.54, 1.807) is 19.1 Å². The minimum absolute atomic E-state index is 0.218. The lowest BCUT2D eigenvalue weighted by molar-refractivity contribution is -0.121. The fraction of sp³-hybridized carbons (Fsp3) is 0.250. The molecule has 4 heteroatoms. The van der Waals surface area contributed by atoms with Crippen LogP contribution >= 0.6 is 0 Å². The van der Waals surface area contributed by atoms with Gasteiger partial charge in [0.25, 0.3) is 5.91 Å². The molecule has 0 bridgehead atoms. The highest BCUT2D eigenvalue weighted by atomic mass is 16.2. The fourth-order valence-corrected chi connectivity index (χ4v) is 1.62. The lowest BCUT2D eigenvalue weighted by Crippen LogP contribution is -2.41. The average Bonchev–Trinajstić information content (AvgIpc) is 2.53. The van der Waals surface area contributed by atoms with E-state index in [2.05, 4.69) is 10.9 Å². The van der Waals surface area contributed by atoms with Gasteiger partial charge >= 0.3 is 0 Å². The Balaban J connectivity index is 0.000000956. The standard InChI is InChI=1S/C14H14N2O2.C2H6/c1-2-13(17)15-16-14(18)12-8-7-10-5-3-4-6-11(10)9-12;1-2/h3-9H,2H2,1H3,(H,15,17)(H,16,18);1-2H3. The van der Waals surface area contributed by atoms with Crippen LogP contribution in [0.25, 0.3) is 10.8 Å². The van der Waals surface area contributed by atoms with E-state index in [9.17, 15) is 9.59 Å². The second-order valence-electron chi connectivity index (χ2n) is 3.92. The molecule has 2 rings (SSSR count). The summed E-state index contributed by atoms with van der Waals surface area (Å²) in [5, 5.41) is 2.07. The Morgan fingerprint density at radius 3 is 2.25 bits per heavy atom. The lowest BCUT2D eigenvalue weighted by Gasteiger charge is -2.06. The first kappa shape index (κ1) is 15.7. The minimum Gasteiger partial charge on any atom is -0.273 e. The summed E-state index contributed by atoms with van der Waals surface area (Å²) < 4.78 is 0. The molecule has 2 aromatic carbocycles. The topological polar surface area (TPSA) is 58.2 Å². The van der Waals surface area contributed by atoms with Gasteiger partial charge < -0.3 is 0 Å². The summed E-state index contributed by atoms with van der Waals surface area (Å²) in [6.45, 7) is 5.72. The third-order valence-electron chi connectivity index (χ3n) is 2.65. The molecule has 2 aromatic rings. The highest BCUT2D eigenvalue weighted by molar-refractivity contribution is 5.99. The van der Waals surface area contributed by atoms with Crippen molar-refractivity contribution in [2.75, 3.05) is 0 Å². The number of fused-ring (bicyclic) bond motifs is 1. The van der Waals surface area contributed by atoms with E-state index in [0.29, 0.717) is 12.0 Å². The largest absolute Gasteiger partial charge is 0.273 e. The number of rotatable bonds is 2. The molecule has 20 heavy (non-hydrogen) atoms. The number of nitrogens with one attached hydrogen (secondary N) is 2. The molecule has 0 atom stereocenters. The van der Waals surface area contributed by atoms with E-state index in [0.717, 1.165) is 10.8 Å². The zero-order valence-corrected chi connectivity index (χ0v) is 12.1. The molecule has 2 amide bonds. The molecule has 0 fully saturated rings. The first-order valence-electron chi connectivity index (χ1n) is 6.78. The second-order valence-corrected chi connectivity index (χ2v) is 3.92.